The SMILES string of the molecule is CC/C=C/C=C/C=C/CCCCCCCCCC(=O)OC1C(OCC(NC(=O)C(O)CCCCCCCCCCCCCCC/C=C\C/C=C\C/C=C\CCCCC)C(O)/C=C/CCCCCCCCCCC)OC(CO)C(O)C1O. The number of aliphatic hydroxyl groups is 5. The summed E-state index contributed by atoms with van der Waals surface area (Å²) in [4.78, 5) is 26.6. The van der Waals surface area contributed by atoms with E-state index in [1.165, 1.54) is 135 Å². The third-order valence-corrected chi connectivity index (χ3v) is 15.3. The highest BCUT2D eigenvalue weighted by atomic mass is 16.7. The predicted molar refractivity (Wildman–Crippen MR) is 338 cm³/mol. The molecule has 0 aromatic heterocycles. The molecule has 468 valence electrons. The van der Waals surface area contributed by atoms with E-state index in [9.17, 15) is 35.1 Å². The van der Waals surface area contributed by atoms with E-state index in [-0.39, 0.29) is 19.4 Å². The molecule has 0 bridgehead atoms. The molecule has 6 N–H and O–H groups in total. The van der Waals surface area contributed by atoms with Crippen molar-refractivity contribution in [1.82, 2.24) is 5.32 Å². The molecule has 0 aromatic rings. The zero-order valence-corrected chi connectivity index (χ0v) is 51.9. The number of nitrogens with one attached hydrogen (secondary N) is 1. The average molecular weight is 1140 g/mol. The van der Waals surface area contributed by atoms with Gasteiger partial charge in [0.1, 0.15) is 24.4 Å². The van der Waals surface area contributed by atoms with E-state index in [0.717, 1.165) is 103 Å². The third kappa shape index (κ3) is 45.0. The van der Waals surface area contributed by atoms with Crippen LogP contribution < -0.4 is 5.32 Å². The first-order valence-electron chi connectivity index (χ1n) is 33.4. The maximum absolute atomic E-state index is 13.5. The van der Waals surface area contributed by atoms with Gasteiger partial charge in [-0.25, -0.2) is 0 Å². The van der Waals surface area contributed by atoms with Crippen LogP contribution in [0.25, 0.3) is 0 Å². The molecular formula is C70H123NO10. The van der Waals surface area contributed by atoms with Crippen LogP contribution >= 0.6 is 0 Å². The molecule has 1 aliphatic heterocycles. The van der Waals surface area contributed by atoms with Crippen LogP contribution in [0.2, 0.25) is 0 Å². The van der Waals surface area contributed by atoms with Gasteiger partial charge < -0.3 is 45.1 Å². The maximum atomic E-state index is 13.5. The molecule has 11 nitrogen and oxygen atoms in total. The number of ether oxygens (including phenoxy) is 3. The summed E-state index contributed by atoms with van der Waals surface area (Å²) in [5.74, 6) is -1.21. The lowest BCUT2D eigenvalue weighted by molar-refractivity contribution is -0.305. The Bertz CT molecular complexity index is 1640. The number of carbonyl (C=O) groups excluding carboxylic acids is 2. The summed E-state index contributed by atoms with van der Waals surface area (Å²) in [6.07, 6.45) is 64.9. The standard InChI is InChI=1S/C70H123NO10/c1-4-7-10-13-16-19-22-24-26-27-28-29-30-31-32-33-34-35-36-38-39-42-45-48-51-54-57-63(74)69(78)71-61(62(73)56-53-50-47-44-41-21-18-15-12-9-6-3)60-79-70-68(67(77)66(76)64(59-72)80-70)81-65(75)58-55-52-49-46-43-40-37-25-23-20-17-14-11-8-5-2/h8,11,14,16-17,19-20,23-24,26,28-29,53,56,61-64,66-68,70,72-74,76-77H,4-7,9-10,12-13,15,18,21-22,25,27,30-52,54-55,57-60H2,1-3H3,(H,71,78)/b11-8+,17-14+,19-16-,23-20+,26-24-,29-28-,56-53+. The Kier molecular flexibility index (Phi) is 53.6. The van der Waals surface area contributed by atoms with Crippen molar-refractivity contribution < 1.29 is 49.3 Å². The van der Waals surface area contributed by atoms with Gasteiger partial charge >= 0.3 is 5.97 Å². The number of esters is 1. The second kappa shape index (κ2) is 57.3. The minimum atomic E-state index is -1.62. The summed E-state index contributed by atoms with van der Waals surface area (Å²) in [7, 11) is 0. The van der Waals surface area contributed by atoms with Crippen molar-refractivity contribution in [1.29, 1.82) is 0 Å². The highest BCUT2D eigenvalue weighted by Gasteiger charge is 2.47. The van der Waals surface area contributed by atoms with Crippen molar-refractivity contribution >= 4 is 11.9 Å². The van der Waals surface area contributed by atoms with Gasteiger partial charge in [-0.05, 0) is 83.5 Å². The first kappa shape index (κ1) is 75.9. The maximum Gasteiger partial charge on any atom is 0.306 e. The zero-order valence-electron chi connectivity index (χ0n) is 51.9. The molecule has 1 aliphatic rings. The van der Waals surface area contributed by atoms with Crippen molar-refractivity contribution in [3.05, 3.63) is 85.1 Å². The van der Waals surface area contributed by atoms with Crippen LogP contribution in [0.5, 0.6) is 0 Å². The van der Waals surface area contributed by atoms with Crippen LogP contribution in [0.3, 0.4) is 0 Å². The number of aliphatic hydroxyl groups excluding tert-OH is 5. The van der Waals surface area contributed by atoms with Gasteiger partial charge in [0, 0.05) is 6.42 Å². The number of allylic oxidation sites excluding steroid dienone is 13. The number of carbonyl (C=O) groups is 2. The van der Waals surface area contributed by atoms with Crippen molar-refractivity contribution in [2.24, 2.45) is 0 Å². The smallest absolute Gasteiger partial charge is 0.306 e. The van der Waals surface area contributed by atoms with Gasteiger partial charge in [0.15, 0.2) is 12.4 Å². The molecule has 0 spiro atoms. The van der Waals surface area contributed by atoms with Crippen LogP contribution in [-0.4, -0.2) is 99.6 Å². The molecule has 1 fully saturated rings. The molecule has 0 radical (unpaired) electrons. The van der Waals surface area contributed by atoms with Crippen molar-refractivity contribution in [2.45, 2.75) is 333 Å². The fraction of sp³-hybridized carbons (Fsp3) is 0.771. The Balaban J connectivity index is 2.57. The lowest BCUT2D eigenvalue weighted by Gasteiger charge is -2.41. The lowest BCUT2D eigenvalue weighted by atomic mass is 9.99. The van der Waals surface area contributed by atoms with E-state index < -0.39 is 67.4 Å². The van der Waals surface area contributed by atoms with E-state index in [1.807, 2.05) is 12.2 Å². The molecule has 1 rings (SSSR count). The second-order valence-corrected chi connectivity index (χ2v) is 22.9. The topological polar surface area (TPSA) is 175 Å². The van der Waals surface area contributed by atoms with Gasteiger partial charge in [0.2, 0.25) is 5.91 Å². The first-order valence-corrected chi connectivity index (χ1v) is 33.4. The monoisotopic (exact) mass is 1140 g/mol. The summed E-state index contributed by atoms with van der Waals surface area (Å²) >= 11 is 0. The molecule has 81 heavy (non-hydrogen) atoms. The van der Waals surface area contributed by atoms with E-state index in [0.29, 0.717) is 12.8 Å². The van der Waals surface area contributed by atoms with E-state index in [2.05, 4.69) is 92.9 Å². The lowest BCUT2D eigenvalue weighted by Crippen LogP contribution is -2.61. The van der Waals surface area contributed by atoms with Gasteiger partial charge in [-0.2, -0.15) is 0 Å². The summed E-state index contributed by atoms with van der Waals surface area (Å²) < 4.78 is 17.6. The normalized spacial score (nSPS) is 19.2. The van der Waals surface area contributed by atoms with Crippen LogP contribution in [0, 0.1) is 0 Å². The molecule has 11 heteroatoms. The predicted octanol–water partition coefficient (Wildman–Crippen LogP) is 16.5. The van der Waals surface area contributed by atoms with Crippen molar-refractivity contribution in [3.63, 3.8) is 0 Å². The molecule has 0 aliphatic carbocycles. The Morgan fingerprint density at radius 1 is 0.506 bits per heavy atom. The van der Waals surface area contributed by atoms with Crippen LogP contribution in [0.4, 0.5) is 0 Å². The molecule has 8 atom stereocenters. The first-order chi connectivity index (χ1) is 39.7. The zero-order chi connectivity index (χ0) is 58.9. The molecule has 1 amide bonds. The van der Waals surface area contributed by atoms with Gasteiger partial charge in [-0.15, -0.1) is 0 Å². The number of hydrogen-bond acceptors (Lipinski definition) is 10. The Morgan fingerprint density at radius 2 is 0.938 bits per heavy atom. The summed E-state index contributed by atoms with van der Waals surface area (Å²) in [6.45, 7) is 5.63. The fourth-order valence-corrected chi connectivity index (χ4v) is 10.1. The molecule has 0 aromatic carbocycles. The van der Waals surface area contributed by atoms with Crippen molar-refractivity contribution in [3.8, 4) is 0 Å². The van der Waals surface area contributed by atoms with Gasteiger partial charge in [-0.3, -0.25) is 9.59 Å². The molecule has 1 heterocycles. The fourth-order valence-electron chi connectivity index (χ4n) is 10.1. The Hall–Kier alpha value is -3.16. The van der Waals surface area contributed by atoms with E-state index >= 15 is 0 Å². The quantitative estimate of drug-likeness (QED) is 0.0149. The third-order valence-electron chi connectivity index (χ3n) is 15.3. The number of hydrogen-bond donors (Lipinski definition) is 6. The van der Waals surface area contributed by atoms with E-state index in [1.54, 1.807) is 6.08 Å². The Morgan fingerprint density at radius 3 is 1.46 bits per heavy atom. The van der Waals surface area contributed by atoms with Gasteiger partial charge in [0.25, 0.3) is 0 Å². The summed E-state index contributed by atoms with van der Waals surface area (Å²) in [6, 6.07) is -1.03. The minimum absolute atomic E-state index is 0.108. The van der Waals surface area contributed by atoms with Gasteiger partial charge in [0.05, 0.1) is 25.4 Å². The number of unbranched alkanes of at least 4 members (excludes halogenated alkanes) is 32. The molecule has 8 unspecified atom stereocenters. The Labute approximate surface area is 495 Å². The summed E-state index contributed by atoms with van der Waals surface area (Å²) in [5, 5.41) is 57.1. The van der Waals surface area contributed by atoms with E-state index in [4.69, 9.17) is 14.2 Å². The highest BCUT2D eigenvalue weighted by Crippen LogP contribution is 2.26. The van der Waals surface area contributed by atoms with Gasteiger partial charge in [-0.1, -0.05) is 279 Å². The number of amides is 1. The largest absolute Gasteiger partial charge is 0.454 e. The second-order valence-electron chi connectivity index (χ2n) is 22.9. The van der Waals surface area contributed by atoms with Crippen molar-refractivity contribution in [2.75, 3.05) is 13.2 Å². The molecule has 1 saturated heterocycles. The molecular weight excluding hydrogens is 1010 g/mol. The van der Waals surface area contributed by atoms with Crippen LogP contribution in [0.15, 0.2) is 85.1 Å². The molecule has 0 saturated carbocycles. The van der Waals surface area contributed by atoms with Crippen LogP contribution in [0.1, 0.15) is 284 Å². The van der Waals surface area contributed by atoms with Crippen LogP contribution in [-0.2, 0) is 23.8 Å². The minimum Gasteiger partial charge on any atom is -0.454 e. The summed E-state index contributed by atoms with van der Waals surface area (Å²) in [5.41, 5.74) is 0. The average Bonchev–Trinajstić information content (AvgIpc) is 3.50. The number of rotatable bonds is 56. The highest BCUT2D eigenvalue weighted by molar-refractivity contribution is 5.80.